The molecule has 1 unspecified atom stereocenters. The van der Waals surface area contributed by atoms with Crippen molar-refractivity contribution in [2.24, 2.45) is 0 Å². The summed E-state index contributed by atoms with van der Waals surface area (Å²) >= 11 is 0. The van der Waals surface area contributed by atoms with Crippen LogP contribution in [-0.4, -0.2) is 54.2 Å². The molecule has 1 aliphatic carbocycles. The molecule has 0 radical (unpaired) electrons. The third-order valence-electron chi connectivity index (χ3n) is 3.74. The van der Waals surface area contributed by atoms with E-state index in [0.29, 0.717) is 6.54 Å². The van der Waals surface area contributed by atoms with Crippen LogP contribution < -0.4 is 10.6 Å². The second-order valence-electron chi connectivity index (χ2n) is 5.10. The Morgan fingerprint density at radius 1 is 1.47 bits per heavy atom. The number of amides is 2. The fraction of sp³-hybridized carbons (Fsp3) is 0.692. The lowest BCUT2D eigenvalue weighted by molar-refractivity contribution is -0.139. The Morgan fingerprint density at radius 2 is 2.11 bits per heavy atom. The van der Waals surface area contributed by atoms with E-state index >= 15 is 0 Å². The van der Waals surface area contributed by atoms with Crippen molar-refractivity contribution in [1.82, 2.24) is 15.5 Å². The Bertz CT molecular complexity index is 383. The first-order valence-electron chi connectivity index (χ1n) is 6.29. The number of hydrogen-bond acceptors (Lipinski definition) is 3. The second kappa shape index (κ2) is 6.43. The number of rotatable bonds is 6. The lowest BCUT2D eigenvalue weighted by Gasteiger charge is -2.47. The second-order valence-corrected chi connectivity index (χ2v) is 5.10. The molecule has 0 saturated heterocycles. The Kier molecular flexibility index (Phi) is 5.19. The van der Waals surface area contributed by atoms with E-state index < -0.39 is 18.0 Å². The maximum atomic E-state index is 11.7. The molecule has 0 aromatic rings. The van der Waals surface area contributed by atoms with Gasteiger partial charge in [0.15, 0.2) is 0 Å². The molecule has 19 heavy (non-hydrogen) atoms. The molecule has 6 heteroatoms. The van der Waals surface area contributed by atoms with E-state index in [2.05, 4.69) is 21.5 Å². The van der Waals surface area contributed by atoms with Crippen LogP contribution in [0.1, 0.15) is 25.7 Å². The Balaban J connectivity index is 2.43. The number of hydrogen-bond donors (Lipinski definition) is 3. The zero-order chi connectivity index (χ0) is 14.5. The molecule has 1 rings (SSSR count). The third-order valence-corrected chi connectivity index (χ3v) is 3.74. The van der Waals surface area contributed by atoms with Crippen molar-refractivity contribution < 1.29 is 14.7 Å². The molecule has 1 fully saturated rings. The predicted molar refractivity (Wildman–Crippen MR) is 71.7 cm³/mol. The topological polar surface area (TPSA) is 81.7 Å². The van der Waals surface area contributed by atoms with Gasteiger partial charge in [0.05, 0.1) is 0 Å². The number of carbonyl (C=O) groups is 2. The molecule has 0 bridgehead atoms. The van der Waals surface area contributed by atoms with E-state index in [4.69, 9.17) is 11.5 Å². The lowest BCUT2D eigenvalue weighted by atomic mass is 9.75. The summed E-state index contributed by atoms with van der Waals surface area (Å²) in [6.45, 7) is 0.508. The number of aliphatic carboxylic acids is 1. The van der Waals surface area contributed by atoms with Gasteiger partial charge in [0.1, 0.15) is 6.04 Å². The normalized spacial score (nSPS) is 18.0. The van der Waals surface area contributed by atoms with Gasteiger partial charge in [-0.15, -0.1) is 12.3 Å². The number of carboxylic acid groups (broad SMARTS) is 1. The smallest absolute Gasteiger partial charge is 0.327 e. The van der Waals surface area contributed by atoms with Crippen LogP contribution in [0.3, 0.4) is 0 Å². The Morgan fingerprint density at radius 3 is 2.47 bits per heavy atom. The van der Waals surface area contributed by atoms with Gasteiger partial charge in [-0.2, -0.15) is 0 Å². The third kappa shape index (κ3) is 3.86. The number of nitrogens with zero attached hydrogens (tertiary/aromatic N) is 1. The van der Waals surface area contributed by atoms with E-state index in [-0.39, 0.29) is 12.0 Å². The van der Waals surface area contributed by atoms with Crippen molar-refractivity contribution in [2.45, 2.75) is 37.3 Å². The monoisotopic (exact) mass is 267 g/mol. The summed E-state index contributed by atoms with van der Waals surface area (Å²) < 4.78 is 0. The van der Waals surface area contributed by atoms with Gasteiger partial charge in [-0.1, -0.05) is 0 Å². The SMILES string of the molecule is C#CCC(NC(=O)NCC1(N(C)C)CCC1)C(=O)O. The Hall–Kier alpha value is -1.74. The maximum Gasteiger partial charge on any atom is 0.327 e. The van der Waals surface area contributed by atoms with E-state index in [1.54, 1.807) is 0 Å². The fourth-order valence-electron chi connectivity index (χ4n) is 2.14. The summed E-state index contributed by atoms with van der Waals surface area (Å²) in [5, 5.41) is 14.0. The predicted octanol–water partition coefficient (Wildman–Crippen LogP) is 0.246. The first kappa shape index (κ1) is 15.3. The first-order chi connectivity index (χ1) is 8.91. The van der Waals surface area contributed by atoms with Crippen LogP contribution in [0.4, 0.5) is 4.79 Å². The molecule has 0 aromatic carbocycles. The molecular formula is C13H21N3O3. The van der Waals surface area contributed by atoms with Crippen molar-refractivity contribution >= 4 is 12.0 Å². The van der Waals surface area contributed by atoms with Crippen LogP contribution in [0.2, 0.25) is 0 Å². The fourth-order valence-corrected chi connectivity index (χ4v) is 2.14. The maximum absolute atomic E-state index is 11.7. The van der Waals surface area contributed by atoms with Crippen molar-refractivity contribution in [3.63, 3.8) is 0 Å². The van der Waals surface area contributed by atoms with Gasteiger partial charge in [0.2, 0.25) is 0 Å². The van der Waals surface area contributed by atoms with Crippen molar-refractivity contribution in [1.29, 1.82) is 0 Å². The number of nitrogens with one attached hydrogen (secondary N) is 2. The number of carbonyl (C=O) groups excluding carboxylic acids is 1. The number of carboxylic acids is 1. The van der Waals surface area contributed by atoms with Crippen LogP contribution in [0.15, 0.2) is 0 Å². The van der Waals surface area contributed by atoms with Gasteiger partial charge >= 0.3 is 12.0 Å². The molecule has 1 saturated carbocycles. The average molecular weight is 267 g/mol. The Labute approximate surface area is 113 Å². The van der Waals surface area contributed by atoms with E-state index in [1.807, 2.05) is 14.1 Å². The number of terminal acetylenes is 1. The van der Waals surface area contributed by atoms with Crippen molar-refractivity contribution in [2.75, 3.05) is 20.6 Å². The van der Waals surface area contributed by atoms with Crippen molar-refractivity contribution in [3.05, 3.63) is 0 Å². The highest BCUT2D eigenvalue weighted by molar-refractivity contribution is 5.82. The van der Waals surface area contributed by atoms with Crippen LogP contribution in [0.25, 0.3) is 0 Å². The molecule has 0 aromatic heterocycles. The summed E-state index contributed by atoms with van der Waals surface area (Å²) in [6, 6.07) is -1.53. The molecule has 0 spiro atoms. The standard InChI is InChI=1S/C13H21N3O3/c1-4-6-10(11(17)18)15-12(19)14-9-13(16(2)3)7-5-8-13/h1,10H,5-9H2,2-3H3,(H,17,18)(H2,14,15,19). The molecule has 2 amide bonds. The highest BCUT2D eigenvalue weighted by atomic mass is 16.4. The minimum atomic E-state index is -1.13. The molecule has 6 nitrogen and oxygen atoms in total. The van der Waals surface area contributed by atoms with Gasteiger partial charge in [-0.3, -0.25) is 0 Å². The van der Waals surface area contributed by atoms with Crippen LogP contribution in [0, 0.1) is 12.3 Å². The van der Waals surface area contributed by atoms with Gasteiger partial charge in [0, 0.05) is 18.5 Å². The zero-order valence-corrected chi connectivity index (χ0v) is 11.4. The minimum Gasteiger partial charge on any atom is -0.480 e. The van der Waals surface area contributed by atoms with Gasteiger partial charge in [0.25, 0.3) is 0 Å². The van der Waals surface area contributed by atoms with E-state index in [9.17, 15) is 9.59 Å². The molecule has 1 aliphatic rings. The molecule has 106 valence electrons. The average Bonchev–Trinajstić information content (AvgIpc) is 2.26. The number of likely N-dealkylation sites (N-methyl/N-ethyl adjacent to an activating group) is 1. The molecule has 3 N–H and O–H groups in total. The highest BCUT2D eigenvalue weighted by Crippen LogP contribution is 2.35. The van der Waals surface area contributed by atoms with Gasteiger partial charge < -0.3 is 20.6 Å². The summed E-state index contributed by atoms with van der Waals surface area (Å²) in [4.78, 5) is 24.6. The van der Waals surface area contributed by atoms with Gasteiger partial charge in [-0.25, -0.2) is 9.59 Å². The van der Waals surface area contributed by atoms with Gasteiger partial charge in [-0.05, 0) is 33.4 Å². The number of urea groups is 1. The quantitative estimate of drug-likeness (QED) is 0.602. The molecule has 0 heterocycles. The summed E-state index contributed by atoms with van der Waals surface area (Å²) in [5.74, 6) is 1.11. The highest BCUT2D eigenvalue weighted by Gasteiger charge is 2.39. The van der Waals surface area contributed by atoms with Crippen molar-refractivity contribution in [3.8, 4) is 12.3 Å². The first-order valence-corrected chi connectivity index (χ1v) is 6.29. The molecular weight excluding hydrogens is 246 g/mol. The van der Waals surface area contributed by atoms with E-state index in [0.717, 1.165) is 19.3 Å². The van der Waals surface area contributed by atoms with E-state index in [1.165, 1.54) is 0 Å². The zero-order valence-electron chi connectivity index (χ0n) is 11.4. The summed E-state index contributed by atoms with van der Waals surface area (Å²) in [6.07, 6.45) is 8.26. The summed E-state index contributed by atoms with van der Waals surface area (Å²) in [5.41, 5.74) is 0.00216. The molecule has 0 aliphatic heterocycles. The largest absolute Gasteiger partial charge is 0.480 e. The summed E-state index contributed by atoms with van der Waals surface area (Å²) in [7, 11) is 3.97. The van der Waals surface area contributed by atoms with Crippen LogP contribution in [-0.2, 0) is 4.79 Å². The lowest BCUT2D eigenvalue weighted by Crippen LogP contribution is -2.59. The van der Waals surface area contributed by atoms with Crippen LogP contribution >= 0.6 is 0 Å². The molecule has 1 atom stereocenters. The minimum absolute atomic E-state index is 0.00216. The van der Waals surface area contributed by atoms with Crippen LogP contribution in [0.5, 0.6) is 0 Å².